The Morgan fingerprint density at radius 2 is 2.27 bits per heavy atom. The largest absolute Gasteiger partial charge is 0.496 e. The van der Waals surface area contributed by atoms with Crippen molar-refractivity contribution in [3.8, 4) is 5.75 Å². The quantitative estimate of drug-likeness (QED) is 0.745. The minimum Gasteiger partial charge on any atom is -0.496 e. The third-order valence-electron chi connectivity index (χ3n) is 2.31. The Morgan fingerprint density at radius 3 is 2.80 bits per heavy atom. The molecule has 1 rings (SSSR count). The molecule has 1 aromatic rings. The van der Waals surface area contributed by atoms with Crippen LogP contribution in [0.1, 0.15) is 16.8 Å². The zero-order valence-corrected chi connectivity index (χ0v) is 9.15. The summed E-state index contributed by atoms with van der Waals surface area (Å²) in [7, 11) is 1.59. The van der Waals surface area contributed by atoms with E-state index in [1.54, 1.807) is 13.3 Å². The van der Waals surface area contributed by atoms with E-state index in [9.17, 15) is 9.90 Å². The van der Waals surface area contributed by atoms with E-state index in [-0.39, 0.29) is 6.42 Å². The van der Waals surface area contributed by atoms with Crippen LogP contribution in [0.3, 0.4) is 0 Å². The summed E-state index contributed by atoms with van der Waals surface area (Å²) >= 11 is 0. The summed E-state index contributed by atoms with van der Waals surface area (Å²) in [4.78, 5) is 14.5. The second-order valence-electron chi connectivity index (χ2n) is 3.45. The second-order valence-corrected chi connectivity index (χ2v) is 3.45. The van der Waals surface area contributed by atoms with Crippen LogP contribution < -0.4 is 4.74 Å². The number of aliphatic hydroxyl groups is 1. The molecule has 82 valence electrons. The van der Waals surface area contributed by atoms with E-state index in [0.717, 1.165) is 16.9 Å². The molecule has 4 heteroatoms. The molecule has 0 spiro atoms. The predicted octanol–water partition coefficient (Wildman–Crippen LogP) is 0.809. The van der Waals surface area contributed by atoms with Gasteiger partial charge in [-0.05, 0) is 13.8 Å². The number of aliphatic hydroxyl groups excluding tert-OH is 1. The molecule has 0 radical (unpaired) electrons. The fourth-order valence-corrected chi connectivity index (χ4v) is 1.52. The normalized spacial score (nSPS) is 12.3. The molecule has 1 aromatic heterocycles. The molecule has 1 unspecified atom stereocenters. The topological polar surface area (TPSA) is 59.4 Å². The van der Waals surface area contributed by atoms with Crippen LogP contribution in [0, 0.1) is 13.8 Å². The van der Waals surface area contributed by atoms with Crippen molar-refractivity contribution in [1.29, 1.82) is 0 Å². The Bertz CT molecular complexity index is 363. The molecule has 0 fully saturated rings. The lowest BCUT2D eigenvalue weighted by molar-refractivity contribution is -0.114. The number of carbonyl (C=O) groups excluding carboxylic acids is 1. The van der Waals surface area contributed by atoms with E-state index in [0.29, 0.717) is 12.0 Å². The third-order valence-corrected chi connectivity index (χ3v) is 2.31. The van der Waals surface area contributed by atoms with Crippen LogP contribution in [-0.4, -0.2) is 29.6 Å². The van der Waals surface area contributed by atoms with Gasteiger partial charge >= 0.3 is 0 Å². The number of carbonyl (C=O) groups is 1. The van der Waals surface area contributed by atoms with Gasteiger partial charge in [-0.25, -0.2) is 0 Å². The molecule has 4 nitrogen and oxygen atoms in total. The first kappa shape index (κ1) is 11.7. The van der Waals surface area contributed by atoms with Crippen LogP contribution in [0.15, 0.2) is 6.20 Å². The number of aromatic nitrogens is 1. The van der Waals surface area contributed by atoms with Crippen LogP contribution in [0.4, 0.5) is 0 Å². The average molecular weight is 209 g/mol. The Morgan fingerprint density at radius 1 is 1.60 bits per heavy atom. The Hall–Kier alpha value is -1.42. The molecule has 0 aliphatic carbocycles. The number of ether oxygens (including phenoxy) is 1. The fourth-order valence-electron chi connectivity index (χ4n) is 1.52. The van der Waals surface area contributed by atoms with Crippen molar-refractivity contribution in [2.24, 2.45) is 0 Å². The Kier molecular flexibility index (Phi) is 3.80. The number of nitrogens with zero attached hydrogens (tertiary/aromatic N) is 1. The van der Waals surface area contributed by atoms with Gasteiger partial charge in [0.25, 0.3) is 0 Å². The van der Waals surface area contributed by atoms with E-state index in [4.69, 9.17) is 4.74 Å². The first-order valence-electron chi connectivity index (χ1n) is 4.72. The van der Waals surface area contributed by atoms with Crippen molar-refractivity contribution in [3.63, 3.8) is 0 Å². The van der Waals surface area contributed by atoms with Gasteiger partial charge in [0.2, 0.25) is 0 Å². The standard InChI is InChI=1S/C11H15NO3/c1-7-5-12-10(4-9(14)6-13)8(2)11(7)15-3/h5-6,9,14H,4H2,1-3H3. The molecule has 0 aromatic carbocycles. The fraction of sp³-hybridized carbons (Fsp3) is 0.455. The van der Waals surface area contributed by atoms with Gasteiger partial charge in [0, 0.05) is 29.4 Å². The number of hydrogen-bond donors (Lipinski definition) is 1. The average Bonchev–Trinajstić information content (AvgIpc) is 2.23. The van der Waals surface area contributed by atoms with Gasteiger partial charge in [0.05, 0.1) is 7.11 Å². The molecule has 0 aliphatic heterocycles. The molecular formula is C11H15NO3. The first-order valence-corrected chi connectivity index (χ1v) is 4.72. The predicted molar refractivity (Wildman–Crippen MR) is 56.0 cm³/mol. The minimum absolute atomic E-state index is 0.228. The van der Waals surface area contributed by atoms with Crippen molar-refractivity contribution in [2.75, 3.05) is 7.11 Å². The maximum absolute atomic E-state index is 10.3. The Labute approximate surface area is 88.9 Å². The van der Waals surface area contributed by atoms with E-state index in [1.165, 1.54) is 0 Å². The van der Waals surface area contributed by atoms with Crippen molar-refractivity contribution >= 4 is 6.29 Å². The van der Waals surface area contributed by atoms with Gasteiger partial charge in [-0.3, -0.25) is 4.98 Å². The SMILES string of the molecule is COc1c(C)cnc(CC(O)C=O)c1C. The van der Waals surface area contributed by atoms with Gasteiger partial charge in [0.15, 0.2) is 0 Å². The molecule has 0 saturated heterocycles. The molecule has 0 saturated carbocycles. The molecule has 0 amide bonds. The van der Waals surface area contributed by atoms with Crippen molar-refractivity contribution in [2.45, 2.75) is 26.4 Å². The second kappa shape index (κ2) is 4.89. The number of methoxy groups -OCH3 is 1. The van der Waals surface area contributed by atoms with Crippen LogP contribution in [0.2, 0.25) is 0 Å². The molecule has 15 heavy (non-hydrogen) atoms. The minimum atomic E-state index is -0.997. The summed E-state index contributed by atoms with van der Waals surface area (Å²) in [5.41, 5.74) is 2.51. The lowest BCUT2D eigenvalue weighted by Crippen LogP contribution is -2.14. The van der Waals surface area contributed by atoms with Crippen LogP contribution in [0.25, 0.3) is 0 Å². The summed E-state index contributed by atoms with van der Waals surface area (Å²) in [6, 6.07) is 0. The summed E-state index contributed by atoms with van der Waals surface area (Å²) in [5, 5.41) is 9.22. The van der Waals surface area contributed by atoms with Gasteiger partial charge in [0.1, 0.15) is 18.1 Å². The van der Waals surface area contributed by atoms with Gasteiger partial charge in [-0.15, -0.1) is 0 Å². The van der Waals surface area contributed by atoms with Crippen molar-refractivity contribution in [3.05, 3.63) is 23.0 Å². The van der Waals surface area contributed by atoms with Crippen LogP contribution in [0.5, 0.6) is 5.75 Å². The maximum Gasteiger partial charge on any atom is 0.148 e. The number of rotatable bonds is 4. The summed E-state index contributed by atoms with van der Waals surface area (Å²) < 4.78 is 5.22. The van der Waals surface area contributed by atoms with Crippen LogP contribution >= 0.6 is 0 Å². The monoisotopic (exact) mass is 209 g/mol. The molecular weight excluding hydrogens is 194 g/mol. The van der Waals surface area contributed by atoms with Crippen molar-refractivity contribution < 1.29 is 14.6 Å². The van der Waals surface area contributed by atoms with Crippen LogP contribution in [-0.2, 0) is 11.2 Å². The van der Waals surface area contributed by atoms with Gasteiger partial charge in [-0.1, -0.05) is 0 Å². The smallest absolute Gasteiger partial charge is 0.148 e. The Balaban J connectivity index is 3.04. The van der Waals surface area contributed by atoms with Crippen molar-refractivity contribution in [1.82, 2.24) is 4.98 Å². The van der Waals surface area contributed by atoms with E-state index >= 15 is 0 Å². The first-order chi connectivity index (χ1) is 7.10. The molecule has 0 aliphatic rings. The molecule has 1 N–H and O–H groups in total. The van der Waals surface area contributed by atoms with Gasteiger partial charge in [-0.2, -0.15) is 0 Å². The zero-order chi connectivity index (χ0) is 11.4. The molecule has 0 bridgehead atoms. The highest BCUT2D eigenvalue weighted by Gasteiger charge is 2.12. The van der Waals surface area contributed by atoms with E-state index in [2.05, 4.69) is 4.98 Å². The number of aryl methyl sites for hydroxylation is 1. The van der Waals surface area contributed by atoms with E-state index < -0.39 is 6.10 Å². The highest BCUT2D eigenvalue weighted by molar-refractivity contribution is 5.56. The number of hydrogen-bond acceptors (Lipinski definition) is 4. The summed E-state index contributed by atoms with van der Waals surface area (Å²) in [6.45, 7) is 3.77. The molecule has 1 heterocycles. The lowest BCUT2D eigenvalue weighted by Gasteiger charge is -2.12. The highest BCUT2D eigenvalue weighted by Crippen LogP contribution is 2.24. The zero-order valence-electron chi connectivity index (χ0n) is 9.15. The lowest BCUT2D eigenvalue weighted by atomic mass is 10.1. The summed E-state index contributed by atoms with van der Waals surface area (Å²) in [6.07, 6.45) is 1.42. The third kappa shape index (κ3) is 2.53. The highest BCUT2D eigenvalue weighted by atomic mass is 16.5. The number of aldehydes is 1. The maximum atomic E-state index is 10.3. The van der Waals surface area contributed by atoms with Gasteiger partial charge < -0.3 is 14.6 Å². The van der Waals surface area contributed by atoms with E-state index in [1.807, 2.05) is 13.8 Å². The molecule has 1 atom stereocenters. The number of pyridine rings is 1. The summed E-state index contributed by atoms with van der Waals surface area (Å²) in [5.74, 6) is 0.762.